The fourth-order valence-electron chi connectivity index (χ4n) is 2.38. The Morgan fingerprint density at radius 1 is 1.00 bits per heavy atom. The van der Waals surface area contributed by atoms with Gasteiger partial charge in [-0.3, -0.25) is 4.90 Å². The molecule has 168 valence electrons. The number of rotatable bonds is 8. The van der Waals surface area contributed by atoms with E-state index in [0.717, 1.165) is 0 Å². The molecule has 0 spiro atoms. The minimum atomic E-state index is -5.68. The number of halogens is 11. The van der Waals surface area contributed by atoms with Crippen LogP contribution in [0.4, 0.5) is 43.9 Å². The molecule has 0 aromatic carbocycles. The predicted molar refractivity (Wildman–Crippen MR) is 87.1 cm³/mol. The topological polar surface area (TPSA) is 47.7 Å². The van der Waals surface area contributed by atoms with Gasteiger partial charge in [0.25, 0.3) is 0 Å². The number of alkyl halides is 11. The summed E-state index contributed by atoms with van der Waals surface area (Å²) in [6, 6.07) is 0. The normalized spacial score (nSPS) is 23.1. The number of ether oxygens (including phenoxy) is 2. The Morgan fingerprint density at radius 2 is 1.50 bits per heavy atom. The van der Waals surface area contributed by atoms with Gasteiger partial charge < -0.3 is 15.2 Å². The fraction of sp³-hybridized carbons (Fsp3) is 0.923. The summed E-state index contributed by atoms with van der Waals surface area (Å²) in [5, 5.41) is 0. The van der Waals surface area contributed by atoms with E-state index in [1.165, 1.54) is 0 Å². The van der Waals surface area contributed by atoms with E-state index in [9.17, 15) is 43.9 Å². The van der Waals surface area contributed by atoms with Crippen LogP contribution >= 0.6 is 20.7 Å². The van der Waals surface area contributed by atoms with Crippen molar-refractivity contribution in [3.8, 4) is 0 Å². The highest BCUT2D eigenvalue weighted by Crippen LogP contribution is 2.44. The molecule has 28 heavy (non-hydrogen) atoms. The largest absolute Gasteiger partial charge is 0.426 e. The summed E-state index contributed by atoms with van der Waals surface area (Å²) in [6.07, 6.45) is -15.4. The molecule has 0 amide bonds. The Balaban J connectivity index is 2.99. The molecule has 0 radical (unpaired) electrons. The highest BCUT2D eigenvalue weighted by atomic mass is 127. The molecule has 3 atom stereocenters. The lowest BCUT2D eigenvalue weighted by Crippen LogP contribution is -2.77. The minimum absolute atomic E-state index is 0.199. The van der Waals surface area contributed by atoms with E-state index >= 15 is 0 Å². The first kappa shape index (κ1) is 25.8. The van der Waals surface area contributed by atoms with Crippen LogP contribution in [0.3, 0.4) is 0 Å². The van der Waals surface area contributed by atoms with Crippen molar-refractivity contribution in [3.05, 3.63) is 0 Å². The van der Waals surface area contributed by atoms with Crippen LogP contribution in [-0.4, -0.2) is 82.7 Å². The van der Waals surface area contributed by atoms with Crippen molar-refractivity contribution in [3.63, 3.8) is 0 Å². The predicted octanol–water partition coefficient (Wildman–Crippen LogP) is 3.16. The van der Waals surface area contributed by atoms with Crippen molar-refractivity contribution in [2.24, 2.45) is 5.73 Å². The van der Waals surface area contributed by atoms with Crippen molar-refractivity contribution in [1.29, 1.82) is 0 Å². The molecule has 2 N–H and O–H groups in total. The van der Waals surface area contributed by atoms with Gasteiger partial charge in [-0.25, -0.2) is 17.6 Å². The lowest BCUT2D eigenvalue weighted by Gasteiger charge is -2.47. The second-order valence-electron chi connectivity index (χ2n) is 5.86. The first-order valence-electron chi connectivity index (χ1n) is 7.46. The molecular formula is C13H17F10IN2O2. The van der Waals surface area contributed by atoms with E-state index in [1.807, 2.05) is 0 Å². The first-order valence-corrected chi connectivity index (χ1v) is 10.1. The van der Waals surface area contributed by atoms with Gasteiger partial charge in [-0.15, -0.1) is 0 Å². The summed E-state index contributed by atoms with van der Waals surface area (Å²) in [7, 11) is 0. The molecular weight excluding hydrogens is 533 g/mol. The van der Waals surface area contributed by atoms with Crippen LogP contribution in [0.25, 0.3) is 0 Å². The van der Waals surface area contributed by atoms with E-state index < -0.39 is 80.8 Å². The summed E-state index contributed by atoms with van der Waals surface area (Å²) < 4.78 is 141. The average molecular weight is 550 g/mol. The molecule has 4 nitrogen and oxygen atoms in total. The van der Waals surface area contributed by atoms with E-state index in [4.69, 9.17) is 10.5 Å². The highest BCUT2D eigenvalue weighted by Gasteiger charge is 2.70. The standard InChI is InChI=1S/C13H17F10IN2O2/c1-24-9(15,8(14)11(18,19)20)6-28-7-10(16,17)12(25,13(21,22)23)26-2-4-27-5-3-26/h8H,1-7,25H2. The Labute approximate surface area is 163 Å². The van der Waals surface area contributed by atoms with E-state index in [-0.39, 0.29) is 18.1 Å². The van der Waals surface area contributed by atoms with Crippen LogP contribution in [0, 0.1) is 0 Å². The van der Waals surface area contributed by atoms with Crippen molar-refractivity contribution in [2.75, 3.05) is 39.5 Å². The Morgan fingerprint density at radius 3 is 1.89 bits per heavy atom. The maximum absolute atomic E-state index is 14.4. The van der Waals surface area contributed by atoms with Crippen molar-refractivity contribution < 1.29 is 53.4 Å². The van der Waals surface area contributed by atoms with Crippen LogP contribution in [0.15, 0.2) is 0 Å². The van der Waals surface area contributed by atoms with Crippen molar-refractivity contribution in [1.82, 2.24) is 4.90 Å². The van der Waals surface area contributed by atoms with E-state index in [1.54, 1.807) is 0 Å². The van der Waals surface area contributed by atoms with Gasteiger partial charge in [0.15, 0.2) is 0 Å². The van der Waals surface area contributed by atoms with Gasteiger partial charge in [0.05, 0.1) is 19.8 Å². The monoisotopic (exact) mass is 550 g/mol. The number of hydrogen-bond donors (Lipinski definition) is 1. The smallest absolute Gasteiger partial charge is 0.379 e. The van der Waals surface area contributed by atoms with E-state index in [0.29, 0.717) is 0 Å². The Hall–Kier alpha value is -0.260. The Kier molecular flexibility index (Phi) is 8.15. The molecule has 1 heterocycles. The van der Waals surface area contributed by atoms with Crippen LogP contribution in [0.5, 0.6) is 0 Å². The lowest BCUT2D eigenvalue weighted by molar-refractivity contribution is -0.316. The molecule has 0 saturated carbocycles. The quantitative estimate of drug-likeness (QED) is 0.287. The second-order valence-corrected chi connectivity index (χ2v) is 8.42. The zero-order valence-corrected chi connectivity index (χ0v) is 16.2. The summed E-state index contributed by atoms with van der Waals surface area (Å²) in [4.78, 5) is 0.199. The molecule has 1 aliphatic heterocycles. The van der Waals surface area contributed by atoms with Crippen LogP contribution in [0.2, 0.25) is 0 Å². The van der Waals surface area contributed by atoms with Gasteiger partial charge in [0.2, 0.25) is 15.5 Å². The van der Waals surface area contributed by atoms with Crippen LogP contribution < -0.4 is 5.73 Å². The number of hydrogen-bond acceptors (Lipinski definition) is 4. The third-order valence-electron chi connectivity index (χ3n) is 3.96. The molecule has 3 unspecified atom stereocenters. The SMILES string of the molecule is C=IC(F)(COCC(F)(F)C(N)(N1CCOCC1)C(F)(F)F)C(F)C(F)(F)F. The first-order chi connectivity index (χ1) is 12.5. The third-order valence-corrected chi connectivity index (χ3v) is 6.08. The fourth-order valence-corrected chi connectivity index (χ4v) is 3.56. The van der Waals surface area contributed by atoms with Crippen LogP contribution in [-0.2, 0) is 9.47 Å². The molecule has 0 bridgehead atoms. The summed E-state index contributed by atoms with van der Waals surface area (Å²) in [5.74, 6) is -4.90. The third kappa shape index (κ3) is 5.26. The van der Waals surface area contributed by atoms with Crippen LogP contribution in [0.1, 0.15) is 0 Å². The van der Waals surface area contributed by atoms with Gasteiger partial charge in [0.1, 0.15) is 6.61 Å². The zero-order valence-electron chi connectivity index (χ0n) is 14.0. The molecule has 0 aliphatic carbocycles. The number of nitrogens with zero attached hydrogens (tertiary/aromatic N) is 1. The molecule has 1 rings (SSSR count). The summed E-state index contributed by atoms with van der Waals surface area (Å²) >= 11 is -2.42. The second kappa shape index (κ2) is 8.85. The molecule has 1 saturated heterocycles. The van der Waals surface area contributed by atoms with Gasteiger partial charge in [0, 0.05) is 13.1 Å². The van der Waals surface area contributed by atoms with Crippen molar-refractivity contribution in [2.45, 2.75) is 33.8 Å². The molecule has 15 heteroatoms. The highest BCUT2D eigenvalue weighted by molar-refractivity contribution is 14.2. The van der Waals surface area contributed by atoms with Gasteiger partial charge >= 0.3 is 18.3 Å². The Bertz CT molecular complexity index is 540. The molecule has 0 aromatic heterocycles. The van der Waals surface area contributed by atoms with Gasteiger partial charge in [-0.05, 0) is 0 Å². The van der Waals surface area contributed by atoms with E-state index in [2.05, 4.69) is 9.25 Å². The lowest BCUT2D eigenvalue weighted by atomic mass is 9.99. The van der Waals surface area contributed by atoms with Gasteiger partial charge in [-0.2, -0.15) is 26.3 Å². The molecule has 1 aliphatic rings. The molecule has 0 aromatic rings. The maximum atomic E-state index is 14.4. The number of morpholine rings is 1. The maximum Gasteiger partial charge on any atom is 0.426 e. The average Bonchev–Trinajstić information content (AvgIpc) is 2.58. The van der Waals surface area contributed by atoms with Gasteiger partial charge in [-0.1, -0.05) is 25.2 Å². The zero-order chi connectivity index (χ0) is 22.0. The molecule has 1 fully saturated rings. The van der Waals surface area contributed by atoms with Crippen molar-refractivity contribution >= 4 is 25.2 Å². The minimum Gasteiger partial charge on any atom is -0.379 e. The number of nitrogens with two attached hydrogens (primary N) is 1. The summed E-state index contributed by atoms with van der Waals surface area (Å²) in [5.41, 5.74) is 0.752. The summed E-state index contributed by atoms with van der Waals surface area (Å²) in [6.45, 7) is -5.88.